The maximum atomic E-state index is 12.8. The second-order valence-corrected chi connectivity index (χ2v) is 9.25. The fourth-order valence-electron chi connectivity index (χ4n) is 4.70. The predicted octanol–water partition coefficient (Wildman–Crippen LogP) is 5.87. The molecule has 0 aliphatic carbocycles. The first kappa shape index (κ1) is 26.7. The number of ether oxygens (including phenoxy) is 1. The van der Waals surface area contributed by atoms with Gasteiger partial charge < -0.3 is 20.1 Å². The van der Waals surface area contributed by atoms with Gasteiger partial charge >= 0.3 is 12.1 Å². The summed E-state index contributed by atoms with van der Waals surface area (Å²) in [5.41, 5.74) is 4.12. The highest BCUT2D eigenvalue weighted by Crippen LogP contribution is 2.30. The highest BCUT2D eigenvalue weighted by atomic mass is 16.5. The molecule has 1 aliphatic rings. The van der Waals surface area contributed by atoms with Gasteiger partial charge in [-0.25, -0.2) is 9.59 Å². The molecule has 0 fully saturated rings. The van der Waals surface area contributed by atoms with E-state index in [0.29, 0.717) is 57.3 Å². The van der Waals surface area contributed by atoms with Crippen LogP contribution in [0.3, 0.4) is 0 Å². The largest absolute Gasteiger partial charge is 0.496 e. The van der Waals surface area contributed by atoms with Gasteiger partial charge in [0.25, 0.3) is 0 Å². The monoisotopic (exact) mass is 515 g/mol. The number of methoxy groups -OCH3 is 1. The lowest BCUT2D eigenvalue weighted by Crippen LogP contribution is -2.33. The number of Topliss-reactive ketones (excluding diaryl/α,β-unsaturated/α-hetero) is 1. The Labute approximate surface area is 222 Å². The average molecular weight is 516 g/mol. The number of unbranched alkanes of at least 4 members (excludes halogenated alkanes) is 1. The first-order valence-electron chi connectivity index (χ1n) is 12.9. The Morgan fingerprint density at radius 1 is 0.974 bits per heavy atom. The van der Waals surface area contributed by atoms with Gasteiger partial charge in [0, 0.05) is 43.0 Å². The minimum absolute atomic E-state index is 0.0240. The van der Waals surface area contributed by atoms with Crippen LogP contribution in [0.2, 0.25) is 0 Å². The van der Waals surface area contributed by atoms with Crippen LogP contribution in [0.25, 0.3) is 0 Å². The minimum atomic E-state index is -0.967. The average Bonchev–Trinajstić information content (AvgIpc) is 3.36. The lowest BCUT2D eigenvalue weighted by Gasteiger charge is -2.20. The summed E-state index contributed by atoms with van der Waals surface area (Å²) >= 11 is 0. The smallest absolute Gasteiger partial charge is 0.407 e. The van der Waals surface area contributed by atoms with Crippen molar-refractivity contribution in [2.75, 3.05) is 37.0 Å². The number of nitrogens with zero attached hydrogens (tertiary/aromatic N) is 2. The van der Waals surface area contributed by atoms with Crippen molar-refractivity contribution in [1.82, 2.24) is 4.90 Å². The van der Waals surface area contributed by atoms with Crippen LogP contribution in [0.15, 0.2) is 72.8 Å². The number of fused-ring (bicyclic) bond motifs is 1. The molecule has 38 heavy (non-hydrogen) atoms. The Morgan fingerprint density at radius 2 is 1.74 bits per heavy atom. The fourth-order valence-corrected chi connectivity index (χ4v) is 4.70. The number of urea groups is 1. The van der Waals surface area contributed by atoms with E-state index in [2.05, 4.69) is 5.32 Å². The van der Waals surface area contributed by atoms with E-state index in [4.69, 9.17) is 4.74 Å². The molecule has 198 valence electrons. The van der Waals surface area contributed by atoms with Gasteiger partial charge in [0.15, 0.2) is 5.78 Å². The molecule has 0 atom stereocenters. The summed E-state index contributed by atoms with van der Waals surface area (Å²) in [6.45, 7) is 1.29. The molecular weight excluding hydrogens is 482 g/mol. The molecule has 4 rings (SSSR count). The van der Waals surface area contributed by atoms with Crippen LogP contribution < -0.4 is 15.0 Å². The zero-order valence-corrected chi connectivity index (χ0v) is 21.6. The maximum absolute atomic E-state index is 12.8. The van der Waals surface area contributed by atoms with Crippen molar-refractivity contribution in [3.63, 3.8) is 0 Å². The molecule has 0 unspecified atom stereocenters. The number of carbonyl (C=O) groups excluding carboxylic acids is 2. The van der Waals surface area contributed by atoms with E-state index in [0.717, 1.165) is 28.3 Å². The highest BCUT2D eigenvalue weighted by Gasteiger charge is 2.25. The molecule has 3 aromatic rings. The summed E-state index contributed by atoms with van der Waals surface area (Å²) in [6.07, 6.45) is 1.83. The number of ketones is 1. The van der Waals surface area contributed by atoms with Gasteiger partial charge in [-0.1, -0.05) is 36.4 Å². The minimum Gasteiger partial charge on any atom is -0.496 e. The van der Waals surface area contributed by atoms with Gasteiger partial charge in [-0.15, -0.1) is 0 Å². The predicted molar refractivity (Wildman–Crippen MR) is 147 cm³/mol. The van der Waals surface area contributed by atoms with Crippen LogP contribution >= 0.6 is 0 Å². The highest BCUT2D eigenvalue weighted by molar-refractivity contribution is 6.04. The fraction of sp³-hybridized carbons (Fsp3) is 0.300. The number of rotatable bonds is 11. The number of hydrogen-bond donors (Lipinski definition) is 2. The van der Waals surface area contributed by atoms with Crippen molar-refractivity contribution >= 4 is 29.3 Å². The lowest BCUT2D eigenvalue weighted by molar-refractivity contribution is 0.0978. The molecule has 3 aromatic carbocycles. The third kappa shape index (κ3) is 6.70. The second-order valence-electron chi connectivity index (χ2n) is 9.25. The normalized spacial score (nSPS) is 12.1. The number of carboxylic acid groups (broad SMARTS) is 1. The number of amides is 3. The van der Waals surface area contributed by atoms with E-state index in [1.54, 1.807) is 18.1 Å². The molecule has 0 bridgehead atoms. The lowest BCUT2D eigenvalue weighted by atomic mass is 10.0. The summed E-state index contributed by atoms with van der Waals surface area (Å²) in [7, 11) is 1.60. The molecule has 1 aliphatic heterocycles. The number of carbonyl (C=O) groups is 3. The van der Waals surface area contributed by atoms with E-state index in [1.165, 1.54) is 4.90 Å². The van der Waals surface area contributed by atoms with Crippen LogP contribution in [0.4, 0.5) is 21.0 Å². The Bertz CT molecular complexity index is 1280. The van der Waals surface area contributed by atoms with Gasteiger partial charge in [0.05, 0.1) is 7.11 Å². The first-order valence-corrected chi connectivity index (χ1v) is 12.9. The van der Waals surface area contributed by atoms with Crippen LogP contribution in [-0.2, 0) is 12.8 Å². The molecule has 0 spiro atoms. The van der Waals surface area contributed by atoms with Crippen molar-refractivity contribution in [1.29, 1.82) is 0 Å². The topological polar surface area (TPSA) is 99.2 Å². The molecule has 0 saturated heterocycles. The molecule has 1 heterocycles. The Morgan fingerprint density at radius 3 is 2.50 bits per heavy atom. The molecule has 0 saturated carbocycles. The Balaban J connectivity index is 1.25. The number of para-hydroxylation sites is 2. The number of nitrogens with one attached hydrogen (secondary N) is 1. The molecule has 8 heteroatoms. The molecule has 0 radical (unpaired) electrons. The van der Waals surface area contributed by atoms with Crippen LogP contribution in [0, 0.1) is 0 Å². The van der Waals surface area contributed by atoms with Gasteiger partial charge in [-0.2, -0.15) is 0 Å². The maximum Gasteiger partial charge on any atom is 0.407 e. The van der Waals surface area contributed by atoms with Crippen molar-refractivity contribution in [2.24, 2.45) is 0 Å². The SMILES string of the molecule is COc1ccccc1CCN(CCCCC(=O)c1ccc2c(c1)CCN2C(=O)Nc1ccccc1)C(=O)O. The summed E-state index contributed by atoms with van der Waals surface area (Å²) in [5.74, 6) is 0.772. The van der Waals surface area contributed by atoms with E-state index in [-0.39, 0.29) is 11.8 Å². The Kier molecular flexibility index (Phi) is 8.98. The summed E-state index contributed by atoms with van der Waals surface area (Å²) in [5, 5.41) is 12.5. The summed E-state index contributed by atoms with van der Waals surface area (Å²) in [6, 6.07) is 22.2. The van der Waals surface area contributed by atoms with Crippen LogP contribution in [0.1, 0.15) is 40.7 Å². The van der Waals surface area contributed by atoms with Crippen LogP contribution in [-0.4, -0.2) is 54.7 Å². The van der Waals surface area contributed by atoms with Crippen molar-refractivity contribution < 1.29 is 24.2 Å². The quantitative estimate of drug-likeness (QED) is 0.246. The van der Waals surface area contributed by atoms with Crippen molar-refractivity contribution in [3.05, 3.63) is 89.5 Å². The van der Waals surface area contributed by atoms with Gasteiger partial charge in [-0.05, 0) is 73.2 Å². The van der Waals surface area contributed by atoms with Gasteiger partial charge in [0.2, 0.25) is 0 Å². The molecule has 0 aromatic heterocycles. The van der Waals surface area contributed by atoms with E-state index in [9.17, 15) is 19.5 Å². The van der Waals surface area contributed by atoms with Gasteiger partial charge in [-0.3, -0.25) is 9.69 Å². The first-order chi connectivity index (χ1) is 18.5. The molecule has 3 amide bonds. The third-order valence-corrected chi connectivity index (χ3v) is 6.76. The second kappa shape index (κ2) is 12.8. The Hall–Kier alpha value is -4.33. The third-order valence-electron chi connectivity index (χ3n) is 6.76. The molecule has 8 nitrogen and oxygen atoms in total. The number of hydrogen-bond acceptors (Lipinski definition) is 4. The summed E-state index contributed by atoms with van der Waals surface area (Å²) in [4.78, 5) is 40.3. The van der Waals surface area contributed by atoms with E-state index in [1.807, 2.05) is 66.7 Å². The number of benzene rings is 3. The zero-order chi connectivity index (χ0) is 26.9. The summed E-state index contributed by atoms with van der Waals surface area (Å²) < 4.78 is 5.35. The standard InChI is InChI=1S/C30H33N3O5/c1-38-28-13-6-5-9-22(28)16-19-32(30(36)37)18-8-7-12-27(34)24-14-15-26-23(21-24)17-20-33(26)29(35)31-25-10-3-2-4-11-25/h2-6,9-11,13-15,21H,7-8,12,16-20H2,1H3,(H,31,35)(H,36,37). The molecule has 2 N–H and O–H groups in total. The number of anilines is 2. The molecular formula is C30H33N3O5. The van der Waals surface area contributed by atoms with Crippen molar-refractivity contribution in [2.45, 2.75) is 32.1 Å². The van der Waals surface area contributed by atoms with Gasteiger partial charge in [0.1, 0.15) is 5.75 Å². The van der Waals surface area contributed by atoms with Crippen LogP contribution in [0.5, 0.6) is 5.75 Å². The van der Waals surface area contributed by atoms with E-state index < -0.39 is 6.09 Å². The zero-order valence-electron chi connectivity index (χ0n) is 21.6. The van der Waals surface area contributed by atoms with Crippen molar-refractivity contribution in [3.8, 4) is 5.75 Å². The van der Waals surface area contributed by atoms with E-state index >= 15 is 0 Å².